The minimum atomic E-state index is -4.14. The Hall–Kier alpha value is -0.680. The molecule has 0 radical (unpaired) electrons. The van der Waals surface area contributed by atoms with E-state index < -0.39 is 12.7 Å². The maximum atomic E-state index is 12.5. The summed E-state index contributed by atoms with van der Waals surface area (Å²) in [5, 5.41) is 6.41. The molecule has 1 unspecified atom stereocenters. The highest BCUT2D eigenvalue weighted by Crippen LogP contribution is 2.20. The first-order valence-corrected chi connectivity index (χ1v) is 9.46. The number of nitrogens with zero attached hydrogens (tertiary/aromatic N) is 2. The molecule has 1 atom stereocenters. The van der Waals surface area contributed by atoms with Gasteiger partial charge in [-0.25, -0.2) is 0 Å². The van der Waals surface area contributed by atoms with Gasteiger partial charge >= 0.3 is 6.18 Å². The lowest BCUT2D eigenvalue weighted by atomic mass is 10.3. The molecular weight excluding hydrogens is 476 g/mol. The van der Waals surface area contributed by atoms with Gasteiger partial charge in [0, 0.05) is 36.3 Å². The van der Waals surface area contributed by atoms with Crippen LogP contribution in [0.3, 0.4) is 0 Å². The van der Waals surface area contributed by atoms with Gasteiger partial charge < -0.3 is 10.6 Å². The van der Waals surface area contributed by atoms with E-state index in [1.54, 1.807) is 11.8 Å². The average Bonchev–Trinajstić information content (AvgIpc) is 2.97. The molecule has 26 heavy (non-hydrogen) atoms. The Morgan fingerprint density at radius 1 is 1.31 bits per heavy atom. The van der Waals surface area contributed by atoms with Crippen LogP contribution < -0.4 is 10.6 Å². The minimum absolute atomic E-state index is 0. The third-order valence-electron chi connectivity index (χ3n) is 3.73. The van der Waals surface area contributed by atoms with Crippen molar-refractivity contribution in [2.24, 2.45) is 4.99 Å². The third kappa shape index (κ3) is 9.31. The van der Waals surface area contributed by atoms with Crippen LogP contribution in [0.1, 0.15) is 13.3 Å². The molecule has 0 bridgehead atoms. The molecule has 0 saturated carbocycles. The molecule has 0 aromatic heterocycles. The normalized spacial score (nSPS) is 18.5. The number of thioether (sulfide) groups is 1. The molecule has 148 valence electrons. The molecule has 0 spiro atoms. The number of benzene rings is 1. The number of aliphatic imine (C=N–C) groups is 1. The van der Waals surface area contributed by atoms with Crippen LogP contribution in [-0.4, -0.2) is 61.6 Å². The molecule has 9 heteroatoms. The summed E-state index contributed by atoms with van der Waals surface area (Å²) in [6.45, 7) is 3.35. The zero-order chi connectivity index (χ0) is 18.1. The van der Waals surface area contributed by atoms with Crippen LogP contribution in [0.5, 0.6) is 0 Å². The van der Waals surface area contributed by atoms with Crippen LogP contribution in [0.4, 0.5) is 13.2 Å². The smallest absolute Gasteiger partial charge is 0.357 e. The van der Waals surface area contributed by atoms with E-state index in [2.05, 4.69) is 27.8 Å². The van der Waals surface area contributed by atoms with Gasteiger partial charge in [0.05, 0.1) is 13.1 Å². The van der Waals surface area contributed by atoms with Crippen molar-refractivity contribution in [1.29, 1.82) is 0 Å². The standard InChI is InChI=1S/C17H25F3N4S.HI/c1-2-21-16(22-9-11-25-15-6-4-3-5-7-15)23-14-8-10-24(12-14)13-17(18,19)20;/h3-7,14H,2,8-13H2,1H3,(H2,21,22,23);1H. The van der Waals surface area contributed by atoms with E-state index in [1.165, 1.54) is 9.80 Å². The lowest BCUT2D eigenvalue weighted by Crippen LogP contribution is -2.45. The second-order valence-corrected chi connectivity index (χ2v) is 7.07. The van der Waals surface area contributed by atoms with Gasteiger partial charge in [-0.3, -0.25) is 9.89 Å². The number of hydrogen-bond donors (Lipinski definition) is 2. The summed E-state index contributed by atoms with van der Waals surface area (Å²) < 4.78 is 37.4. The van der Waals surface area contributed by atoms with Gasteiger partial charge in [0.1, 0.15) is 0 Å². The Morgan fingerprint density at radius 2 is 2.04 bits per heavy atom. The molecule has 0 amide bonds. The number of guanidine groups is 1. The van der Waals surface area contributed by atoms with Gasteiger partial charge in [-0.1, -0.05) is 18.2 Å². The SMILES string of the molecule is CCNC(=NCCSc1ccccc1)NC1CCN(CC(F)(F)F)C1.I. The van der Waals surface area contributed by atoms with Crippen LogP contribution in [0, 0.1) is 0 Å². The maximum Gasteiger partial charge on any atom is 0.401 e. The molecular formula is C17H26F3IN4S. The van der Waals surface area contributed by atoms with Crippen molar-refractivity contribution in [3.63, 3.8) is 0 Å². The van der Waals surface area contributed by atoms with Gasteiger partial charge in [-0.05, 0) is 25.5 Å². The Kier molecular flexibility index (Phi) is 10.7. The number of rotatable bonds is 7. The van der Waals surface area contributed by atoms with Crippen LogP contribution in [0.25, 0.3) is 0 Å². The molecule has 1 heterocycles. The minimum Gasteiger partial charge on any atom is -0.357 e. The summed E-state index contributed by atoms with van der Waals surface area (Å²) in [7, 11) is 0. The van der Waals surface area contributed by atoms with Crippen molar-refractivity contribution in [1.82, 2.24) is 15.5 Å². The predicted molar refractivity (Wildman–Crippen MR) is 113 cm³/mol. The number of halogens is 4. The predicted octanol–water partition coefficient (Wildman–Crippen LogP) is 3.59. The maximum absolute atomic E-state index is 12.5. The quantitative estimate of drug-likeness (QED) is 0.197. The van der Waals surface area contributed by atoms with E-state index in [0.29, 0.717) is 32.0 Å². The summed E-state index contributed by atoms with van der Waals surface area (Å²) in [6.07, 6.45) is -3.44. The summed E-state index contributed by atoms with van der Waals surface area (Å²) in [5.41, 5.74) is 0. The Morgan fingerprint density at radius 3 is 2.69 bits per heavy atom. The molecule has 0 aliphatic carbocycles. The fraction of sp³-hybridized carbons (Fsp3) is 0.588. The third-order valence-corrected chi connectivity index (χ3v) is 4.73. The fourth-order valence-electron chi connectivity index (χ4n) is 2.70. The van der Waals surface area contributed by atoms with E-state index in [-0.39, 0.29) is 30.0 Å². The van der Waals surface area contributed by atoms with Gasteiger partial charge in [-0.2, -0.15) is 13.2 Å². The topological polar surface area (TPSA) is 39.7 Å². The summed E-state index contributed by atoms with van der Waals surface area (Å²) >= 11 is 1.73. The first-order valence-electron chi connectivity index (χ1n) is 8.48. The number of alkyl halides is 3. The highest BCUT2D eigenvalue weighted by Gasteiger charge is 2.34. The van der Waals surface area contributed by atoms with E-state index in [4.69, 9.17) is 0 Å². The number of nitrogens with one attached hydrogen (secondary N) is 2. The van der Waals surface area contributed by atoms with Crippen molar-refractivity contribution >= 4 is 41.7 Å². The summed E-state index contributed by atoms with van der Waals surface area (Å²) in [6, 6.07) is 10.1. The van der Waals surface area contributed by atoms with Gasteiger partial charge in [0.15, 0.2) is 5.96 Å². The molecule has 2 N–H and O–H groups in total. The van der Waals surface area contributed by atoms with Crippen molar-refractivity contribution in [2.75, 3.05) is 38.5 Å². The second-order valence-electron chi connectivity index (χ2n) is 5.90. The van der Waals surface area contributed by atoms with Crippen molar-refractivity contribution in [2.45, 2.75) is 30.5 Å². The van der Waals surface area contributed by atoms with E-state index in [1.807, 2.05) is 25.1 Å². The highest BCUT2D eigenvalue weighted by atomic mass is 127. The lowest BCUT2D eigenvalue weighted by Gasteiger charge is -2.19. The number of hydrogen-bond acceptors (Lipinski definition) is 3. The van der Waals surface area contributed by atoms with Crippen molar-refractivity contribution in [3.05, 3.63) is 30.3 Å². The van der Waals surface area contributed by atoms with Crippen LogP contribution in [0.2, 0.25) is 0 Å². The summed E-state index contributed by atoms with van der Waals surface area (Å²) in [4.78, 5) is 7.16. The Bertz CT molecular complexity index is 543. The lowest BCUT2D eigenvalue weighted by molar-refractivity contribution is -0.143. The molecule has 1 fully saturated rings. The van der Waals surface area contributed by atoms with Crippen LogP contribution in [0.15, 0.2) is 40.2 Å². The summed E-state index contributed by atoms with van der Waals surface area (Å²) in [5.74, 6) is 1.53. The molecule has 2 rings (SSSR count). The Balaban J connectivity index is 0.00000338. The fourth-order valence-corrected chi connectivity index (χ4v) is 3.47. The van der Waals surface area contributed by atoms with Crippen LogP contribution >= 0.6 is 35.7 Å². The molecule has 1 aromatic rings. The van der Waals surface area contributed by atoms with Gasteiger partial charge in [0.25, 0.3) is 0 Å². The zero-order valence-corrected chi connectivity index (χ0v) is 17.9. The zero-order valence-electron chi connectivity index (χ0n) is 14.8. The monoisotopic (exact) mass is 502 g/mol. The first-order chi connectivity index (χ1) is 12.0. The second kappa shape index (κ2) is 11.9. The largest absolute Gasteiger partial charge is 0.401 e. The van der Waals surface area contributed by atoms with Crippen LogP contribution in [-0.2, 0) is 0 Å². The van der Waals surface area contributed by atoms with E-state index >= 15 is 0 Å². The highest BCUT2D eigenvalue weighted by molar-refractivity contribution is 14.0. The van der Waals surface area contributed by atoms with Crippen molar-refractivity contribution < 1.29 is 13.2 Å². The molecule has 4 nitrogen and oxygen atoms in total. The molecule has 1 saturated heterocycles. The van der Waals surface area contributed by atoms with Gasteiger partial charge in [-0.15, -0.1) is 35.7 Å². The average molecular weight is 502 g/mol. The number of likely N-dealkylation sites (tertiary alicyclic amines) is 1. The molecule has 1 aliphatic rings. The van der Waals surface area contributed by atoms with Gasteiger partial charge in [0.2, 0.25) is 0 Å². The molecule has 1 aromatic carbocycles. The van der Waals surface area contributed by atoms with E-state index in [9.17, 15) is 13.2 Å². The van der Waals surface area contributed by atoms with E-state index in [0.717, 1.165) is 12.3 Å². The molecule has 1 aliphatic heterocycles. The first kappa shape index (κ1) is 23.4. The Labute approximate surface area is 174 Å². The van der Waals surface area contributed by atoms with Crippen molar-refractivity contribution in [3.8, 4) is 0 Å².